The van der Waals surface area contributed by atoms with E-state index in [4.69, 9.17) is 4.74 Å². The van der Waals surface area contributed by atoms with Crippen LogP contribution >= 0.6 is 0 Å². The second kappa shape index (κ2) is 14.4. The average molecular weight is 299 g/mol. The van der Waals surface area contributed by atoms with E-state index in [0.717, 1.165) is 25.7 Å². The Morgan fingerprint density at radius 2 is 1.38 bits per heavy atom. The first-order chi connectivity index (χ1) is 10.1. The molecular weight excluding hydrogens is 260 g/mol. The molecule has 2 heteroatoms. The van der Waals surface area contributed by atoms with Gasteiger partial charge in [0.15, 0.2) is 0 Å². The summed E-state index contributed by atoms with van der Waals surface area (Å²) in [7, 11) is 0. The molecule has 0 saturated heterocycles. The number of unbranched alkanes of at least 4 members (excludes halogenated alkanes) is 7. The van der Waals surface area contributed by atoms with Crippen molar-refractivity contribution < 1.29 is 9.53 Å². The molecule has 0 aliphatic carbocycles. The number of esters is 1. The molecule has 0 N–H and O–H groups in total. The van der Waals surface area contributed by atoms with E-state index in [2.05, 4.69) is 20.8 Å². The van der Waals surface area contributed by atoms with Crippen LogP contribution in [0.5, 0.6) is 0 Å². The van der Waals surface area contributed by atoms with Crippen LogP contribution in [-0.4, -0.2) is 12.6 Å². The highest BCUT2D eigenvalue weighted by Gasteiger charge is 2.15. The molecule has 0 amide bonds. The zero-order chi connectivity index (χ0) is 15.9. The summed E-state index contributed by atoms with van der Waals surface area (Å²) >= 11 is 0. The highest BCUT2D eigenvalue weighted by molar-refractivity contribution is 5.71. The Labute approximate surface area is 133 Å². The van der Waals surface area contributed by atoms with Gasteiger partial charge in [-0.15, -0.1) is 0 Å². The van der Waals surface area contributed by atoms with Crippen molar-refractivity contribution in [1.82, 2.24) is 0 Å². The number of hydrogen-bond donors (Lipinski definition) is 0. The normalized spacial score (nSPS) is 13.9. The van der Waals surface area contributed by atoms with E-state index < -0.39 is 0 Å². The lowest BCUT2D eigenvalue weighted by atomic mass is 10.0. The van der Waals surface area contributed by atoms with Crippen LogP contribution in [0.1, 0.15) is 98.3 Å². The quantitative estimate of drug-likeness (QED) is 0.285. The van der Waals surface area contributed by atoms with E-state index >= 15 is 0 Å². The molecule has 0 aromatic heterocycles. The molecule has 0 aromatic carbocycles. The minimum atomic E-state index is 0.000832. The molecule has 2 unspecified atom stereocenters. The van der Waals surface area contributed by atoms with E-state index in [1.807, 2.05) is 6.92 Å². The molecule has 0 heterocycles. The van der Waals surface area contributed by atoms with Crippen molar-refractivity contribution in [2.24, 2.45) is 11.8 Å². The highest BCUT2D eigenvalue weighted by atomic mass is 16.5. The standard InChI is InChI=1S/C19H38O2/c1-5-7-8-9-10-11-12-13-15-18(4)19(20)21-16-17(3)14-6-2/h17-18H,5-16H2,1-4H3. The predicted molar refractivity (Wildman–Crippen MR) is 91.4 cm³/mol. The van der Waals surface area contributed by atoms with Crippen LogP contribution in [0.3, 0.4) is 0 Å². The van der Waals surface area contributed by atoms with Gasteiger partial charge < -0.3 is 4.74 Å². The van der Waals surface area contributed by atoms with Crippen molar-refractivity contribution >= 4 is 5.97 Å². The van der Waals surface area contributed by atoms with Crippen molar-refractivity contribution in [3.05, 3.63) is 0 Å². The van der Waals surface area contributed by atoms with Gasteiger partial charge in [-0.3, -0.25) is 4.79 Å². The van der Waals surface area contributed by atoms with Gasteiger partial charge in [0.2, 0.25) is 0 Å². The van der Waals surface area contributed by atoms with E-state index in [9.17, 15) is 4.79 Å². The number of carbonyl (C=O) groups is 1. The second-order valence-corrected chi connectivity index (χ2v) is 6.69. The third kappa shape index (κ3) is 12.9. The Morgan fingerprint density at radius 3 is 1.95 bits per heavy atom. The van der Waals surface area contributed by atoms with Gasteiger partial charge in [-0.2, -0.15) is 0 Å². The molecule has 2 atom stereocenters. The summed E-state index contributed by atoms with van der Waals surface area (Å²) in [6.45, 7) is 9.18. The summed E-state index contributed by atoms with van der Waals surface area (Å²) in [6.07, 6.45) is 13.8. The first kappa shape index (κ1) is 20.5. The third-order valence-electron chi connectivity index (χ3n) is 4.18. The summed E-state index contributed by atoms with van der Waals surface area (Å²) in [5.74, 6) is 0.564. The van der Waals surface area contributed by atoms with Crippen molar-refractivity contribution in [3.63, 3.8) is 0 Å². The maximum Gasteiger partial charge on any atom is 0.308 e. The lowest BCUT2D eigenvalue weighted by molar-refractivity contribution is -0.149. The summed E-state index contributed by atoms with van der Waals surface area (Å²) in [5.41, 5.74) is 0. The van der Waals surface area contributed by atoms with Gasteiger partial charge in [-0.25, -0.2) is 0 Å². The monoisotopic (exact) mass is 298 g/mol. The molecule has 21 heavy (non-hydrogen) atoms. The van der Waals surface area contributed by atoms with E-state index in [-0.39, 0.29) is 11.9 Å². The van der Waals surface area contributed by atoms with Gasteiger partial charge in [-0.05, 0) is 18.8 Å². The van der Waals surface area contributed by atoms with Gasteiger partial charge >= 0.3 is 5.97 Å². The molecule has 0 fully saturated rings. The fraction of sp³-hybridized carbons (Fsp3) is 0.947. The Balaban J connectivity index is 3.47. The summed E-state index contributed by atoms with van der Waals surface area (Å²) in [6, 6.07) is 0. The molecule has 0 bridgehead atoms. The summed E-state index contributed by atoms with van der Waals surface area (Å²) < 4.78 is 5.40. The van der Waals surface area contributed by atoms with Crippen molar-refractivity contribution in [1.29, 1.82) is 0 Å². The largest absolute Gasteiger partial charge is 0.465 e. The van der Waals surface area contributed by atoms with Crippen LogP contribution in [0.25, 0.3) is 0 Å². The van der Waals surface area contributed by atoms with E-state index in [1.165, 1.54) is 44.9 Å². The predicted octanol–water partition coefficient (Wildman–Crippen LogP) is 6.13. The van der Waals surface area contributed by atoms with Crippen LogP contribution in [0.4, 0.5) is 0 Å². The number of rotatable bonds is 14. The Morgan fingerprint density at radius 1 is 0.810 bits per heavy atom. The summed E-state index contributed by atoms with van der Waals surface area (Å²) in [5, 5.41) is 0. The van der Waals surface area contributed by atoms with Crippen LogP contribution in [0.15, 0.2) is 0 Å². The lowest BCUT2D eigenvalue weighted by Crippen LogP contribution is -2.18. The van der Waals surface area contributed by atoms with Crippen molar-refractivity contribution in [2.45, 2.75) is 98.3 Å². The molecule has 0 aromatic rings. The first-order valence-corrected chi connectivity index (χ1v) is 9.28. The zero-order valence-corrected chi connectivity index (χ0v) is 15.0. The average Bonchev–Trinajstić information content (AvgIpc) is 2.47. The van der Waals surface area contributed by atoms with Gasteiger partial charge in [0.25, 0.3) is 0 Å². The molecule has 0 aliphatic heterocycles. The van der Waals surface area contributed by atoms with Crippen molar-refractivity contribution in [2.75, 3.05) is 6.61 Å². The number of hydrogen-bond acceptors (Lipinski definition) is 2. The second-order valence-electron chi connectivity index (χ2n) is 6.69. The minimum Gasteiger partial charge on any atom is -0.465 e. The third-order valence-corrected chi connectivity index (χ3v) is 4.18. The molecule has 0 saturated carbocycles. The maximum absolute atomic E-state index is 11.9. The number of ether oxygens (including phenoxy) is 1. The zero-order valence-electron chi connectivity index (χ0n) is 15.0. The van der Waals surface area contributed by atoms with Crippen LogP contribution < -0.4 is 0 Å². The van der Waals surface area contributed by atoms with E-state index in [1.54, 1.807) is 0 Å². The smallest absolute Gasteiger partial charge is 0.308 e. The fourth-order valence-electron chi connectivity index (χ4n) is 2.65. The molecule has 2 nitrogen and oxygen atoms in total. The van der Waals surface area contributed by atoms with Crippen molar-refractivity contribution in [3.8, 4) is 0 Å². The van der Waals surface area contributed by atoms with E-state index in [0.29, 0.717) is 12.5 Å². The van der Waals surface area contributed by atoms with Crippen LogP contribution in [-0.2, 0) is 9.53 Å². The molecule has 0 rings (SSSR count). The minimum absolute atomic E-state index is 0.000832. The van der Waals surface area contributed by atoms with Gasteiger partial charge in [-0.1, -0.05) is 85.5 Å². The number of carbonyl (C=O) groups excluding carboxylic acids is 1. The molecule has 0 spiro atoms. The molecule has 126 valence electrons. The Bertz CT molecular complexity index is 238. The SMILES string of the molecule is CCCCCCCCCCC(C)C(=O)OCC(C)CCC. The van der Waals surface area contributed by atoms with Crippen LogP contribution in [0, 0.1) is 11.8 Å². The first-order valence-electron chi connectivity index (χ1n) is 9.28. The van der Waals surface area contributed by atoms with Gasteiger partial charge in [0.05, 0.1) is 12.5 Å². The Kier molecular flexibility index (Phi) is 14.0. The molecular formula is C19H38O2. The topological polar surface area (TPSA) is 26.3 Å². The molecule has 0 aliphatic rings. The molecule has 0 radical (unpaired) electrons. The maximum atomic E-state index is 11.9. The highest BCUT2D eigenvalue weighted by Crippen LogP contribution is 2.15. The fourth-order valence-corrected chi connectivity index (χ4v) is 2.65. The van der Waals surface area contributed by atoms with Gasteiger partial charge in [0.1, 0.15) is 0 Å². The Hall–Kier alpha value is -0.530. The van der Waals surface area contributed by atoms with Gasteiger partial charge in [0, 0.05) is 0 Å². The van der Waals surface area contributed by atoms with Crippen LogP contribution in [0.2, 0.25) is 0 Å². The lowest BCUT2D eigenvalue weighted by Gasteiger charge is -2.14. The summed E-state index contributed by atoms with van der Waals surface area (Å²) in [4.78, 5) is 11.9.